The molecule has 3 aromatic rings. The molecule has 2 N–H and O–H groups in total. The number of anilines is 2. The Morgan fingerprint density at radius 1 is 1.04 bits per heavy atom. The van der Waals surface area contributed by atoms with Crippen molar-refractivity contribution in [3.8, 4) is 0 Å². The van der Waals surface area contributed by atoms with Gasteiger partial charge in [0.2, 0.25) is 5.13 Å². The van der Waals surface area contributed by atoms with Crippen molar-refractivity contribution in [3.05, 3.63) is 64.9 Å². The molecule has 7 nitrogen and oxygen atoms in total. The largest absolute Gasteiger partial charge is 0.322 e. The van der Waals surface area contributed by atoms with Crippen molar-refractivity contribution in [1.29, 1.82) is 0 Å². The average molecular weight is 367 g/mol. The molecule has 8 heteroatoms. The molecular formula is C18H17N5O2S. The molecule has 1 aromatic carbocycles. The summed E-state index contributed by atoms with van der Waals surface area (Å²) >= 11 is 1.36. The van der Waals surface area contributed by atoms with Crippen LogP contribution in [0.25, 0.3) is 0 Å². The van der Waals surface area contributed by atoms with E-state index in [1.54, 1.807) is 42.6 Å². The summed E-state index contributed by atoms with van der Waals surface area (Å²) in [7, 11) is 0. The van der Waals surface area contributed by atoms with Crippen LogP contribution >= 0.6 is 11.3 Å². The summed E-state index contributed by atoms with van der Waals surface area (Å²) in [5.74, 6) is -0.592. The van der Waals surface area contributed by atoms with Gasteiger partial charge in [0.1, 0.15) is 5.01 Å². The predicted octanol–water partition coefficient (Wildman–Crippen LogP) is 3.39. The summed E-state index contributed by atoms with van der Waals surface area (Å²) in [4.78, 5) is 28.5. The van der Waals surface area contributed by atoms with Gasteiger partial charge in [0, 0.05) is 30.1 Å². The molecule has 0 aliphatic heterocycles. The van der Waals surface area contributed by atoms with Crippen molar-refractivity contribution < 1.29 is 9.59 Å². The Balaban J connectivity index is 1.68. The number of amides is 2. The topological polar surface area (TPSA) is 96.9 Å². The molecule has 0 atom stereocenters. The third-order valence-corrected chi connectivity index (χ3v) is 4.36. The lowest BCUT2D eigenvalue weighted by Gasteiger charge is -2.07. The highest BCUT2D eigenvalue weighted by Crippen LogP contribution is 2.18. The highest BCUT2D eigenvalue weighted by molar-refractivity contribution is 7.15. The van der Waals surface area contributed by atoms with Crippen molar-refractivity contribution in [3.63, 3.8) is 0 Å². The standard InChI is InChI=1S/C18H17N5O2S/c1-2-5-15-22-23-18(26-15)21-16(24)12-6-3-8-14(10-12)20-17(25)13-7-4-9-19-11-13/h3-4,6-11H,2,5H2,1H3,(H,20,25)(H,21,23,24). The van der Waals surface area contributed by atoms with Crippen molar-refractivity contribution in [2.75, 3.05) is 10.6 Å². The lowest BCUT2D eigenvalue weighted by molar-refractivity contribution is 0.101. The maximum Gasteiger partial charge on any atom is 0.257 e. The van der Waals surface area contributed by atoms with Crippen LogP contribution in [0, 0.1) is 0 Å². The molecule has 0 aliphatic rings. The minimum absolute atomic E-state index is 0.288. The minimum Gasteiger partial charge on any atom is -0.322 e. The summed E-state index contributed by atoms with van der Waals surface area (Å²) in [6.07, 6.45) is 4.89. The van der Waals surface area contributed by atoms with E-state index in [-0.39, 0.29) is 11.8 Å². The molecule has 0 fully saturated rings. The molecule has 0 unspecified atom stereocenters. The molecule has 132 valence electrons. The first-order valence-electron chi connectivity index (χ1n) is 8.11. The van der Waals surface area contributed by atoms with Crippen molar-refractivity contribution in [2.45, 2.75) is 19.8 Å². The van der Waals surface area contributed by atoms with Crippen LogP contribution in [0.3, 0.4) is 0 Å². The number of rotatable bonds is 6. The van der Waals surface area contributed by atoms with Crippen LogP contribution in [0.15, 0.2) is 48.8 Å². The lowest BCUT2D eigenvalue weighted by Crippen LogP contribution is -2.14. The quantitative estimate of drug-likeness (QED) is 0.696. The van der Waals surface area contributed by atoms with Crippen LogP contribution < -0.4 is 10.6 Å². The normalized spacial score (nSPS) is 10.3. The van der Waals surface area contributed by atoms with Crippen LogP contribution in [0.4, 0.5) is 10.8 Å². The summed E-state index contributed by atoms with van der Waals surface area (Å²) in [6.45, 7) is 2.06. The average Bonchev–Trinajstić information content (AvgIpc) is 3.10. The zero-order valence-corrected chi connectivity index (χ0v) is 14.9. The maximum absolute atomic E-state index is 12.4. The summed E-state index contributed by atoms with van der Waals surface area (Å²) in [6, 6.07) is 10.1. The lowest BCUT2D eigenvalue weighted by atomic mass is 10.2. The van der Waals surface area contributed by atoms with E-state index in [4.69, 9.17) is 0 Å². The van der Waals surface area contributed by atoms with Gasteiger partial charge in [-0.15, -0.1) is 10.2 Å². The van der Waals surface area contributed by atoms with E-state index in [0.717, 1.165) is 17.8 Å². The zero-order valence-electron chi connectivity index (χ0n) is 14.1. The van der Waals surface area contributed by atoms with Gasteiger partial charge in [-0.3, -0.25) is 19.9 Å². The third-order valence-electron chi connectivity index (χ3n) is 3.46. The number of pyridine rings is 1. The third kappa shape index (κ3) is 4.48. The van der Waals surface area contributed by atoms with Gasteiger partial charge in [0.25, 0.3) is 11.8 Å². The number of benzene rings is 1. The van der Waals surface area contributed by atoms with Crippen LogP contribution in [-0.4, -0.2) is 27.0 Å². The maximum atomic E-state index is 12.4. The van der Waals surface area contributed by atoms with E-state index in [1.807, 2.05) is 0 Å². The van der Waals surface area contributed by atoms with Gasteiger partial charge in [-0.2, -0.15) is 0 Å². The summed E-state index contributed by atoms with van der Waals surface area (Å²) in [5, 5.41) is 14.8. The molecule has 2 amide bonds. The second-order valence-corrected chi connectivity index (χ2v) is 6.54. The number of nitrogens with one attached hydrogen (secondary N) is 2. The molecule has 0 saturated heterocycles. The molecule has 2 heterocycles. The SMILES string of the molecule is CCCc1nnc(NC(=O)c2cccc(NC(=O)c3cccnc3)c2)s1. The Kier molecular flexibility index (Phi) is 5.65. The molecule has 3 rings (SSSR count). The zero-order chi connectivity index (χ0) is 18.4. The smallest absolute Gasteiger partial charge is 0.257 e. The van der Waals surface area contributed by atoms with E-state index in [2.05, 4.69) is 32.7 Å². The monoisotopic (exact) mass is 367 g/mol. The first kappa shape index (κ1) is 17.7. The number of hydrogen-bond acceptors (Lipinski definition) is 6. The molecule has 0 bridgehead atoms. The van der Waals surface area contributed by atoms with Gasteiger partial charge < -0.3 is 5.32 Å². The first-order chi connectivity index (χ1) is 12.7. The summed E-state index contributed by atoms with van der Waals surface area (Å²) < 4.78 is 0. The second kappa shape index (κ2) is 8.30. The van der Waals surface area contributed by atoms with Crippen LogP contribution in [-0.2, 0) is 6.42 Å². The van der Waals surface area contributed by atoms with Gasteiger partial charge >= 0.3 is 0 Å². The Hall–Kier alpha value is -3.13. The van der Waals surface area contributed by atoms with Crippen molar-refractivity contribution in [1.82, 2.24) is 15.2 Å². The highest BCUT2D eigenvalue weighted by Gasteiger charge is 2.12. The predicted molar refractivity (Wildman–Crippen MR) is 100 cm³/mol. The molecule has 0 saturated carbocycles. The fourth-order valence-electron chi connectivity index (χ4n) is 2.23. The number of aryl methyl sites for hydroxylation is 1. The minimum atomic E-state index is -0.304. The van der Waals surface area contributed by atoms with Crippen LogP contribution in [0.5, 0.6) is 0 Å². The van der Waals surface area contributed by atoms with Gasteiger partial charge in [-0.1, -0.05) is 24.3 Å². The molecule has 2 aromatic heterocycles. The van der Waals surface area contributed by atoms with Crippen LogP contribution in [0.2, 0.25) is 0 Å². The van der Waals surface area contributed by atoms with Crippen LogP contribution in [0.1, 0.15) is 39.1 Å². The number of aromatic nitrogens is 3. The van der Waals surface area contributed by atoms with E-state index in [0.29, 0.717) is 21.9 Å². The van der Waals surface area contributed by atoms with Gasteiger partial charge in [0.05, 0.1) is 5.56 Å². The van der Waals surface area contributed by atoms with Crippen molar-refractivity contribution in [2.24, 2.45) is 0 Å². The Morgan fingerprint density at radius 2 is 1.85 bits per heavy atom. The van der Waals surface area contributed by atoms with Gasteiger partial charge in [-0.05, 0) is 36.8 Å². The molecular weight excluding hydrogens is 350 g/mol. The number of nitrogens with zero attached hydrogens (tertiary/aromatic N) is 3. The van der Waals surface area contributed by atoms with Crippen molar-refractivity contribution >= 4 is 34.0 Å². The van der Waals surface area contributed by atoms with Gasteiger partial charge in [-0.25, -0.2) is 0 Å². The number of carbonyl (C=O) groups excluding carboxylic acids is 2. The Morgan fingerprint density at radius 3 is 2.62 bits per heavy atom. The van der Waals surface area contributed by atoms with Gasteiger partial charge in [0.15, 0.2) is 0 Å². The molecule has 0 aliphatic carbocycles. The van der Waals surface area contributed by atoms with E-state index in [9.17, 15) is 9.59 Å². The molecule has 0 spiro atoms. The van der Waals surface area contributed by atoms with E-state index >= 15 is 0 Å². The fourth-order valence-corrected chi connectivity index (χ4v) is 3.06. The first-order valence-corrected chi connectivity index (χ1v) is 8.92. The highest BCUT2D eigenvalue weighted by atomic mass is 32.1. The van der Waals surface area contributed by atoms with E-state index in [1.165, 1.54) is 17.5 Å². The Labute approximate surface area is 154 Å². The van der Waals surface area contributed by atoms with E-state index < -0.39 is 0 Å². The molecule has 0 radical (unpaired) electrons. The number of carbonyl (C=O) groups is 2. The fraction of sp³-hybridized carbons (Fsp3) is 0.167. The molecule has 26 heavy (non-hydrogen) atoms. The Bertz CT molecular complexity index is 911. The number of hydrogen-bond donors (Lipinski definition) is 2. The second-order valence-electron chi connectivity index (χ2n) is 5.48. The summed E-state index contributed by atoms with van der Waals surface area (Å²) in [5.41, 5.74) is 1.39.